The van der Waals surface area contributed by atoms with Crippen molar-refractivity contribution in [2.45, 2.75) is 25.2 Å². The molecule has 7 heteroatoms. The number of carbonyl (C=O) groups excluding carboxylic acids is 1. The number of hydrogen-bond donors (Lipinski definition) is 0. The lowest BCUT2D eigenvalue weighted by atomic mass is 10.00. The average molecular weight is 357 g/mol. The van der Waals surface area contributed by atoms with Crippen molar-refractivity contribution in [2.24, 2.45) is 0 Å². The third-order valence-electron chi connectivity index (χ3n) is 4.24. The molecule has 0 bridgehead atoms. The normalized spacial score (nSPS) is 14.1. The molecule has 1 aromatic carbocycles. The molecule has 1 aliphatic carbocycles. The van der Waals surface area contributed by atoms with Crippen LogP contribution >= 0.6 is 0 Å². The van der Waals surface area contributed by atoms with Crippen LogP contribution in [0, 0.1) is 6.92 Å². The summed E-state index contributed by atoms with van der Waals surface area (Å²) < 4.78 is 25.4. The number of rotatable bonds is 4. The predicted octanol–water partition coefficient (Wildman–Crippen LogP) is 2.25. The van der Waals surface area contributed by atoms with Crippen LogP contribution in [0.2, 0.25) is 0 Å². The van der Waals surface area contributed by atoms with Crippen LogP contribution in [0.15, 0.2) is 40.8 Å². The van der Waals surface area contributed by atoms with Crippen molar-refractivity contribution in [1.29, 1.82) is 0 Å². The van der Waals surface area contributed by atoms with Crippen molar-refractivity contribution in [2.75, 3.05) is 14.1 Å². The van der Waals surface area contributed by atoms with Crippen LogP contribution in [0.4, 0.5) is 0 Å². The monoisotopic (exact) mass is 357 g/mol. The molecule has 25 heavy (non-hydrogen) atoms. The van der Waals surface area contributed by atoms with Crippen molar-refractivity contribution in [1.82, 2.24) is 14.5 Å². The van der Waals surface area contributed by atoms with Gasteiger partial charge in [-0.1, -0.05) is 5.57 Å². The largest absolute Gasteiger partial charge is 0.289 e. The highest BCUT2D eigenvalue weighted by Crippen LogP contribution is 2.33. The zero-order chi connectivity index (χ0) is 18.4. The van der Waals surface area contributed by atoms with E-state index in [2.05, 4.69) is 10.2 Å². The highest BCUT2D eigenvalue weighted by Gasteiger charge is 2.27. The molecule has 0 aliphatic heterocycles. The minimum absolute atomic E-state index is 0.155. The van der Waals surface area contributed by atoms with Gasteiger partial charge in [0.2, 0.25) is 10.0 Å². The molecule has 0 radical (unpaired) electrons. The Labute approximate surface area is 147 Å². The molecule has 0 unspecified atom stereocenters. The standard InChI is InChI=1S/C18H19N3O3S/c1-11-9-14-10-12(2)19-20-17(14)16(11)18(22)13-5-7-15(8-6-13)25(23,24)21(3)4/h5-8,10H,9H2,1-4H3. The number of nitrogens with zero attached hydrogens (tertiary/aromatic N) is 3. The van der Waals surface area contributed by atoms with E-state index < -0.39 is 10.0 Å². The van der Waals surface area contributed by atoms with E-state index in [1.54, 1.807) is 12.1 Å². The summed E-state index contributed by atoms with van der Waals surface area (Å²) in [5, 5.41) is 8.24. The van der Waals surface area contributed by atoms with Crippen LogP contribution in [0.5, 0.6) is 0 Å². The van der Waals surface area contributed by atoms with Crippen molar-refractivity contribution < 1.29 is 13.2 Å². The second kappa shape index (κ2) is 6.16. The molecule has 2 aromatic rings. The van der Waals surface area contributed by atoms with Crippen LogP contribution in [-0.2, 0) is 16.4 Å². The molecule has 1 aliphatic rings. The zero-order valence-electron chi connectivity index (χ0n) is 14.6. The Bertz CT molecular complexity index is 991. The smallest absolute Gasteiger partial charge is 0.242 e. The summed E-state index contributed by atoms with van der Waals surface area (Å²) in [6.45, 7) is 3.78. The van der Waals surface area contributed by atoms with Crippen molar-refractivity contribution in [3.63, 3.8) is 0 Å². The van der Waals surface area contributed by atoms with Crippen molar-refractivity contribution >= 4 is 21.4 Å². The number of hydrogen-bond acceptors (Lipinski definition) is 5. The van der Waals surface area contributed by atoms with E-state index in [0.717, 1.165) is 21.1 Å². The maximum atomic E-state index is 12.9. The van der Waals surface area contributed by atoms with Gasteiger partial charge in [-0.05, 0) is 56.2 Å². The van der Waals surface area contributed by atoms with E-state index in [0.29, 0.717) is 23.3 Å². The van der Waals surface area contributed by atoms with E-state index >= 15 is 0 Å². The molecule has 0 saturated heterocycles. The Kier molecular flexibility index (Phi) is 4.30. The Morgan fingerprint density at radius 1 is 1.08 bits per heavy atom. The number of aryl methyl sites for hydroxylation is 1. The Morgan fingerprint density at radius 2 is 1.72 bits per heavy atom. The fourth-order valence-corrected chi connectivity index (χ4v) is 3.80. The molecule has 0 atom stereocenters. The maximum Gasteiger partial charge on any atom is 0.242 e. The third-order valence-corrected chi connectivity index (χ3v) is 6.07. The topological polar surface area (TPSA) is 80.2 Å². The van der Waals surface area contributed by atoms with Gasteiger partial charge < -0.3 is 0 Å². The number of benzene rings is 1. The minimum atomic E-state index is -3.51. The van der Waals surface area contributed by atoms with Gasteiger partial charge in [0, 0.05) is 25.2 Å². The molecule has 130 valence electrons. The molecular weight excluding hydrogens is 338 g/mol. The molecule has 0 amide bonds. The fraction of sp³-hybridized carbons (Fsp3) is 0.278. The summed E-state index contributed by atoms with van der Waals surface area (Å²) in [5.41, 5.74) is 4.38. The first-order chi connectivity index (χ1) is 11.7. The Balaban J connectivity index is 1.97. The molecule has 0 fully saturated rings. The second-order valence-corrected chi connectivity index (χ2v) is 8.48. The van der Waals surface area contributed by atoms with Crippen LogP contribution < -0.4 is 0 Å². The molecule has 0 saturated carbocycles. The molecule has 1 heterocycles. The number of carbonyl (C=O) groups is 1. The van der Waals surface area contributed by atoms with Crippen LogP contribution in [0.25, 0.3) is 5.57 Å². The SMILES string of the molecule is CC1=C(C(=O)c2ccc(S(=O)(=O)N(C)C)cc2)c2nnc(C)cc2C1. The third kappa shape index (κ3) is 3.01. The predicted molar refractivity (Wildman–Crippen MR) is 94.7 cm³/mol. The summed E-state index contributed by atoms with van der Waals surface area (Å²) in [6.07, 6.45) is 0.680. The molecule has 6 nitrogen and oxygen atoms in total. The van der Waals surface area contributed by atoms with Gasteiger partial charge in [0.05, 0.1) is 10.6 Å². The maximum absolute atomic E-state index is 12.9. The van der Waals surface area contributed by atoms with Crippen molar-refractivity contribution in [3.05, 3.63) is 58.4 Å². The van der Waals surface area contributed by atoms with Gasteiger partial charge in [-0.25, -0.2) is 12.7 Å². The number of ketones is 1. The van der Waals surface area contributed by atoms with E-state index in [1.807, 2.05) is 19.9 Å². The van der Waals surface area contributed by atoms with Crippen molar-refractivity contribution in [3.8, 4) is 0 Å². The quantitative estimate of drug-likeness (QED) is 0.784. The van der Waals surface area contributed by atoms with Crippen LogP contribution in [0.1, 0.15) is 34.2 Å². The summed E-state index contributed by atoms with van der Waals surface area (Å²) in [7, 11) is -0.573. The van der Waals surface area contributed by atoms with E-state index in [4.69, 9.17) is 0 Å². The Hall–Kier alpha value is -2.38. The summed E-state index contributed by atoms with van der Waals surface area (Å²) in [6, 6.07) is 7.93. The second-order valence-electron chi connectivity index (χ2n) is 6.33. The first kappa shape index (κ1) is 17.4. The average Bonchev–Trinajstić information content (AvgIpc) is 2.89. The summed E-state index contributed by atoms with van der Waals surface area (Å²) in [5.74, 6) is -0.164. The first-order valence-corrected chi connectivity index (χ1v) is 9.26. The van der Waals surface area contributed by atoms with E-state index in [-0.39, 0.29) is 10.7 Å². The number of fused-ring (bicyclic) bond motifs is 1. The summed E-state index contributed by atoms with van der Waals surface area (Å²) >= 11 is 0. The van der Waals surface area contributed by atoms with Gasteiger partial charge in [0.15, 0.2) is 5.78 Å². The number of Topliss-reactive ketones (excluding diaryl/α,β-unsaturated/α-hetero) is 1. The van der Waals surface area contributed by atoms with Gasteiger partial charge in [-0.3, -0.25) is 4.79 Å². The molecular formula is C18H19N3O3S. The van der Waals surface area contributed by atoms with Gasteiger partial charge in [-0.15, -0.1) is 5.10 Å². The highest BCUT2D eigenvalue weighted by molar-refractivity contribution is 7.89. The van der Waals surface area contributed by atoms with Crippen LogP contribution in [0.3, 0.4) is 0 Å². The first-order valence-electron chi connectivity index (χ1n) is 7.82. The highest BCUT2D eigenvalue weighted by atomic mass is 32.2. The van der Waals surface area contributed by atoms with E-state index in [1.165, 1.54) is 26.2 Å². The molecule has 0 N–H and O–H groups in total. The lowest BCUT2D eigenvalue weighted by molar-refractivity contribution is 0.105. The molecule has 1 aromatic heterocycles. The molecule has 3 rings (SSSR count). The number of allylic oxidation sites excluding steroid dienone is 2. The minimum Gasteiger partial charge on any atom is -0.289 e. The number of aromatic nitrogens is 2. The zero-order valence-corrected chi connectivity index (χ0v) is 15.4. The van der Waals surface area contributed by atoms with Gasteiger partial charge >= 0.3 is 0 Å². The van der Waals surface area contributed by atoms with Crippen LogP contribution in [-0.4, -0.2) is 42.8 Å². The number of sulfonamides is 1. The summed E-state index contributed by atoms with van der Waals surface area (Å²) in [4.78, 5) is 13.1. The van der Waals surface area contributed by atoms with E-state index in [9.17, 15) is 13.2 Å². The van der Waals surface area contributed by atoms with Gasteiger partial charge in [-0.2, -0.15) is 5.10 Å². The van der Waals surface area contributed by atoms with Gasteiger partial charge in [0.25, 0.3) is 0 Å². The lowest BCUT2D eigenvalue weighted by Crippen LogP contribution is -2.22. The molecule has 0 spiro atoms. The Morgan fingerprint density at radius 3 is 2.32 bits per heavy atom. The van der Waals surface area contributed by atoms with Gasteiger partial charge in [0.1, 0.15) is 5.69 Å². The fourth-order valence-electron chi connectivity index (χ4n) is 2.90. The lowest BCUT2D eigenvalue weighted by Gasteiger charge is -2.11.